The minimum atomic E-state index is -0.681. The first kappa shape index (κ1) is 24.9. The third kappa shape index (κ3) is 6.62. The van der Waals surface area contributed by atoms with E-state index >= 15 is 0 Å². The van der Waals surface area contributed by atoms with Gasteiger partial charge in [-0.15, -0.1) is 0 Å². The molecule has 1 aliphatic heterocycles. The molecule has 0 bridgehead atoms. The van der Waals surface area contributed by atoms with Gasteiger partial charge in [0.25, 0.3) is 0 Å². The maximum atomic E-state index is 11.2. The van der Waals surface area contributed by atoms with Crippen molar-refractivity contribution in [2.45, 2.75) is 52.6 Å². The third-order valence-electron chi connectivity index (χ3n) is 6.41. The minimum absolute atomic E-state index is 0.0970. The molecular weight excluding hydrogens is 418 g/mol. The number of anilines is 1. The highest BCUT2D eigenvalue weighted by molar-refractivity contribution is 5.70. The van der Waals surface area contributed by atoms with Crippen molar-refractivity contribution in [3.05, 3.63) is 53.1 Å². The summed E-state index contributed by atoms with van der Waals surface area (Å²) >= 11 is 0. The number of rotatable bonds is 10. The zero-order valence-corrected chi connectivity index (χ0v) is 19.9. The molecule has 0 aromatic heterocycles. The third-order valence-corrected chi connectivity index (χ3v) is 6.41. The molecule has 2 aromatic carbocycles. The molecule has 0 aliphatic carbocycles. The fraction of sp³-hybridized carbons (Fsp3) is 0.500. The van der Waals surface area contributed by atoms with Crippen LogP contribution in [0, 0.1) is 5.92 Å². The van der Waals surface area contributed by atoms with Crippen LogP contribution in [0.3, 0.4) is 0 Å². The van der Waals surface area contributed by atoms with Gasteiger partial charge in [-0.2, -0.15) is 0 Å². The normalized spacial score (nSPS) is 15.2. The zero-order valence-electron chi connectivity index (χ0n) is 19.9. The van der Waals surface area contributed by atoms with Crippen LogP contribution < -0.4 is 10.2 Å². The minimum Gasteiger partial charge on any atom is -0.508 e. The summed E-state index contributed by atoms with van der Waals surface area (Å²) in [5.41, 5.74) is 3.85. The molecule has 1 fully saturated rings. The Morgan fingerprint density at radius 1 is 1.12 bits per heavy atom. The van der Waals surface area contributed by atoms with Crippen molar-refractivity contribution in [1.29, 1.82) is 0 Å². The lowest BCUT2D eigenvalue weighted by atomic mass is 9.97. The van der Waals surface area contributed by atoms with Crippen LogP contribution >= 0.6 is 0 Å². The Labute approximate surface area is 196 Å². The smallest absolute Gasteiger partial charge is 0.306 e. The molecule has 2 aromatic rings. The Hall–Kier alpha value is -2.77. The summed E-state index contributed by atoms with van der Waals surface area (Å²) in [6.45, 7) is 10.5. The van der Waals surface area contributed by atoms with E-state index in [-0.39, 0.29) is 23.3 Å². The summed E-state index contributed by atoms with van der Waals surface area (Å²) in [6.07, 6.45) is 1.41. The maximum Gasteiger partial charge on any atom is 0.306 e. The number of phenols is 2. The van der Waals surface area contributed by atoms with Gasteiger partial charge in [-0.3, -0.25) is 9.69 Å². The van der Waals surface area contributed by atoms with Gasteiger partial charge in [-0.05, 0) is 67.7 Å². The van der Waals surface area contributed by atoms with E-state index in [4.69, 9.17) is 0 Å². The van der Waals surface area contributed by atoms with Crippen LogP contribution in [-0.2, 0) is 17.9 Å². The lowest BCUT2D eigenvalue weighted by Crippen LogP contribution is -2.36. The average Bonchev–Trinajstić information content (AvgIpc) is 2.78. The topological polar surface area (TPSA) is 96.3 Å². The number of nitrogens with zero attached hydrogens (tertiary/aromatic N) is 2. The quantitative estimate of drug-likeness (QED) is 0.401. The van der Waals surface area contributed by atoms with E-state index in [1.807, 2.05) is 19.9 Å². The molecule has 0 spiro atoms. The highest BCUT2D eigenvalue weighted by Gasteiger charge is 2.24. The number of aromatic hydroxyl groups is 2. The van der Waals surface area contributed by atoms with Crippen molar-refractivity contribution in [3.8, 4) is 11.5 Å². The molecule has 0 saturated carbocycles. The van der Waals surface area contributed by atoms with Gasteiger partial charge in [-0.1, -0.05) is 32.9 Å². The molecule has 1 saturated heterocycles. The number of carboxylic acids is 1. The molecule has 180 valence electrons. The Morgan fingerprint density at radius 3 is 2.36 bits per heavy atom. The number of piperidine rings is 1. The van der Waals surface area contributed by atoms with Gasteiger partial charge >= 0.3 is 5.97 Å². The fourth-order valence-electron chi connectivity index (χ4n) is 4.33. The first-order valence-electron chi connectivity index (χ1n) is 11.8. The molecule has 4 N–H and O–H groups in total. The molecule has 0 amide bonds. The van der Waals surface area contributed by atoms with E-state index in [1.54, 1.807) is 0 Å². The highest BCUT2D eigenvalue weighted by Crippen LogP contribution is 2.33. The molecule has 7 nitrogen and oxygen atoms in total. The molecule has 0 unspecified atom stereocenters. The van der Waals surface area contributed by atoms with Crippen LogP contribution in [0.25, 0.3) is 0 Å². The van der Waals surface area contributed by atoms with Gasteiger partial charge in [0, 0.05) is 30.4 Å². The van der Waals surface area contributed by atoms with Gasteiger partial charge in [-0.25, -0.2) is 0 Å². The second-order valence-electron chi connectivity index (χ2n) is 9.21. The van der Waals surface area contributed by atoms with Gasteiger partial charge < -0.3 is 25.5 Å². The highest BCUT2D eigenvalue weighted by atomic mass is 16.4. The van der Waals surface area contributed by atoms with Crippen molar-refractivity contribution in [2.75, 3.05) is 31.2 Å². The lowest BCUT2D eigenvalue weighted by molar-refractivity contribution is -0.143. The van der Waals surface area contributed by atoms with Gasteiger partial charge in [0.1, 0.15) is 11.5 Å². The molecule has 1 heterocycles. The van der Waals surface area contributed by atoms with Gasteiger partial charge in [0.15, 0.2) is 0 Å². The van der Waals surface area contributed by atoms with Gasteiger partial charge in [0.2, 0.25) is 0 Å². The lowest BCUT2D eigenvalue weighted by Gasteiger charge is -2.30. The summed E-state index contributed by atoms with van der Waals surface area (Å²) in [5.74, 6) is -0.511. The summed E-state index contributed by atoms with van der Waals surface area (Å²) in [5, 5.41) is 33.2. The number of carboxylic acid groups (broad SMARTS) is 1. The zero-order chi connectivity index (χ0) is 24.0. The van der Waals surface area contributed by atoms with Crippen LogP contribution in [0.2, 0.25) is 0 Å². The second-order valence-corrected chi connectivity index (χ2v) is 9.21. The van der Waals surface area contributed by atoms with Crippen LogP contribution in [0.5, 0.6) is 11.5 Å². The van der Waals surface area contributed by atoms with E-state index in [1.165, 1.54) is 11.6 Å². The molecule has 7 heteroatoms. The molecule has 0 atom stereocenters. The first-order valence-corrected chi connectivity index (χ1v) is 11.8. The van der Waals surface area contributed by atoms with E-state index in [0.29, 0.717) is 26.1 Å². The van der Waals surface area contributed by atoms with E-state index < -0.39 is 5.97 Å². The summed E-state index contributed by atoms with van der Waals surface area (Å²) in [6, 6.07) is 11.8. The van der Waals surface area contributed by atoms with E-state index in [9.17, 15) is 20.1 Å². The van der Waals surface area contributed by atoms with Gasteiger partial charge in [0.05, 0.1) is 12.6 Å². The number of phenolic OH excluding ortho intramolecular Hbond substituents is 2. The van der Waals surface area contributed by atoms with E-state index in [0.717, 1.165) is 43.0 Å². The van der Waals surface area contributed by atoms with Crippen LogP contribution in [0.15, 0.2) is 36.4 Å². The monoisotopic (exact) mass is 455 g/mol. The number of carbonyl (C=O) groups is 1. The standard InChI is InChI=1S/C26H37N3O4/c1-4-27-17-29(16-21-13-23(18(2)3)25(31)14-24(21)30)22-7-5-19(6-8-22)15-28-11-9-20(10-12-28)26(32)33/h5-8,13-14,18,20,27,30-31H,4,9-12,15-17H2,1-3H3,(H,32,33). The molecule has 33 heavy (non-hydrogen) atoms. The predicted molar refractivity (Wildman–Crippen MR) is 131 cm³/mol. The molecule has 3 rings (SSSR count). The number of likely N-dealkylation sites (tertiary alicyclic amines) is 1. The maximum absolute atomic E-state index is 11.2. The van der Waals surface area contributed by atoms with Crippen LogP contribution in [0.1, 0.15) is 56.2 Å². The number of nitrogens with one attached hydrogen (secondary N) is 1. The van der Waals surface area contributed by atoms with Crippen molar-refractivity contribution in [1.82, 2.24) is 10.2 Å². The fourth-order valence-corrected chi connectivity index (χ4v) is 4.33. The molecule has 1 aliphatic rings. The Kier molecular flexibility index (Phi) is 8.58. The predicted octanol–water partition coefficient (Wildman–Crippen LogP) is 4.09. The Balaban J connectivity index is 1.70. The first-order chi connectivity index (χ1) is 15.8. The molecule has 0 radical (unpaired) electrons. The van der Waals surface area contributed by atoms with Crippen LogP contribution in [-0.4, -0.2) is 52.5 Å². The van der Waals surface area contributed by atoms with Crippen molar-refractivity contribution in [2.24, 2.45) is 5.92 Å². The van der Waals surface area contributed by atoms with Crippen molar-refractivity contribution in [3.63, 3.8) is 0 Å². The van der Waals surface area contributed by atoms with E-state index in [2.05, 4.69) is 46.3 Å². The Bertz CT molecular complexity index is 922. The van der Waals surface area contributed by atoms with Crippen LogP contribution in [0.4, 0.5) is 5.69 Å². The van der Waals surface area contributed by atoms with Crippen molar-refractivity contribution < 1.29 is 20.1 Å². The molecular formula is C26H37N3O4. The number of benzene rings is 2. The Morgan fingerprint density at radius 2 is 1.79 bits per heavy atom. The average molecular weight is 456 g/mol. The summed E-state index contributed by atoms with van der Waals surface area (Å²) < 4.78 is 0. The number of aliphatic carboxylic acids is 1. The SMILES string of the molecule is CCNCN(Cc1cc(C(C)C)c(O)cc1O)c1ccc(CN2CCC(C(=O)O)CC2)cc1. The number of hydrogen-bond acceptors (Lipinski definition) is 6. The largest absolute Gasteiger partial charge is 0.508 e. The summed E-state index contributed by atoms with van der Waals surface area (Å²) in [7, 11) is 0. The second kappa shape index (κ2) is 11.4. The van der Waals surface area contributed by atoms with Crippen molar-refractivity contribution >= 4 is 11.7 Å². The summed E-state index contributed by atoms with van der Waals surface area (Å²) in [4.78, 5) is 15.6. The number of hydrogen-bond donors (Lipinski definition) is 4.